The number of amides is 1. The summed E-state index contributed by atoms with van der Waals surface area (Å²) in [5.74, 6) is -0.133. The van der Waals surface area contributed by atoms with Crippen LogP contribution in [0.15, 0.2) is 54.6 Å². The number of thiophene rings is 1. The van der Waals surface area contributed by atoms with Crippen molar-refractivity contribution < 1.29 is 4.79 Å². The van der Waals surface area contributed by atoms with Gasteiger partial charge in [0.15, 0.2) is 0 Å². The van der Waals surface area contributed by atoms with Gasteiger partial charge in [-0.2, -0.15) is 0 Å². The summed E-state index contributed by atoms with van der Waals surface area (Å²) < 4.78 is 0. The van der Waals surface area contributed by atoms with Crippen molar-refractivity contribution in [1.29, 1.82) is 0 Å². The second kappa shape index (κ2) is 6.23. The van der Waals surface area contributed by atoms with Gasteiger partial charge in [-0.1, -0.05) is 6.07 Å². The van der Waals surface area contributed by atoms with Crippen LogP contribution < -0.4 is 5.32 Å². The largest absolute Gasteiger partial charge is 0.347 e. The maximum atomic E-state index is 12.0. The molecule has 6 heteroatoms. The fraction of sp³-hybridized carbons (Fsp3) is 0.0667. The minimum absolute atomic E-state index is 0.133. The predicted molar refractivity (Wildman–Crippen MR) is 80.8 cm³/mol. The summed E-state index contributed by atoms with van der Waals surface area (Å²) in [6.07, 6.45) is 6.40. The number of hydrogen-bond donors (Lipinski definition) is 1. The fourth-order valence-electron chi connectivity index (χ4n) is 1.81. The van der Waals surface area contributed by atoms with Gasteiger partial charge in [0.05, 0.1) is 17.8 Å². The summed E-state index contributed by atoms with van der Waals surface area (Å²) in [7, 11) is 0. The Morgan fingerprint density at radius 1 is 1.14 bits per heavy atom. The zero-order valence-corrected chi connectivity index (χ0v) is 11.9. The van der Waals surface area contributed by atoms with Crippen LogP contribution in [-0.4, -0.2) is 20.9 Å². The summed E-state index contributed by atoms with van der Waals surface area (Å²) in [5, 5.41) is 4.85. The Labute approximate surface area is 125 Å². The number of pyridine rings is 1. The number of nitrogens with zero attached hydrogens (tertiary/aromatic N) is 3. The maximum absolute atomic E-state index is 12.0. The molecule has 1 amide bonds. The van der Waals surface area contributed by atoms with E-state index in [1.165, 1.54) is 6.33 Å². The smallest absolute Gasteiger partial charge is 0.253 e. The Bertz CT molecular complexity index is 711. The molecular formula is C15H12N4OS. The predicted octanol–water partition coefficient (Wildman–Crippen LogP) is 2.53. The molecule has 5 nitrogen and oxygen atoms in total. The number of carbonyl (C=O) groups is 1. The highest BCUT2D eigenvalue weighted by Crippen LogP contribution is 2.14. The number of carbonyl (C=O) groups excluding carboxylic acids is 1. The molecule has 0 saturated carbocycles. The highest BCUT2D eigenvalue weighted by Gasteiger charge is 2.07. The second-order valence-corrected chi connectivity index (χ2v) is 5.35. The van der Waals surface area contributed by atoms with Crippen LogP contribution in [0.2, 0.25) is 0 Å². The highest BCUT2D eigenvalue weighted by molar-refractivity contribution is 7.09. The van der Waals surface area contributed by atoms with Crippen molar-refractivity contribution in [3.8, 4) is 11.3 Å². The van der Waals surface area contributed by atoms with Crippen LogP contribution in [0.1, 0.15) is 15.2 Å². The lowest BCUT2D eigenvalue weighted by Crippen LogP contribution is -2.22. The summed E-state index contributed by atoms with van der Waals surface area (Å²) in [5.41, 5.74) is 2.10. The van der Waals surface area contributed by atoms with Gasteiger partial charge < -0.3 is 5.32 Å². The van der Waals surface area contributed by atoms with Crippen LogP contribution in [0.4, 0.5) is 0 Å². The zero-order chi connectivity index (χ0) is 14.5. The van der Waals surface area contributed by atoms with Crippen LogP contribution in [0.5, 0.6) is 0 Å². The van der Waals surface area contributed by atoms with Gasteiger partial charge in [0.25, 0.3) is 5.91 Å². The zero-order valence-electron chi connectivity index (χ0n) is 11.1. The van der Waals surface area contributed by atoms with Crippen LogP contribution >= 0.6 is 11.3 Å². The van der Waals surface area contributed by atoms with Gasteiger partial charge in [-0.15, -0.1) is 11.3 Å². The fourth-order valence-corrected chi connectivity index (χ4v) is 2.46. The normalized spacial score (nSPS) is 10.3. The van der Waals surface area contributed by atoms with Gasteiger partial charge in [0.2, 0.25) is 0 Å². The third kappa shape index (κ3) is 3.29. The molecular weight excluding hydrogens is 284 g/mol. The van der Waals surface area contributed by atoms with Crippen molar-refractivity contribution in [1.82, 2.24) is 20.3 Å². The van der Waals surface area contributed by atoms with E-state index in [1.54, 1.807) is 42.1 Å². The molecule has 0 aliphatic carbocycles. The van der Waals surface area contributed by atoms with E-state index in [4.69, 9.17) is 0 Å². The van der Waals surface area contributed by atoms with Gasteiger partial charge >= 0.3 is 0 Å². The molecule has 0 atom stereocenters. The molecule has 0 aromatic carbocycles. The molecule has 0 unspecified atom stereocenters. The Kier molecular flexibility index (Phi) is 3.97. The molecule has 0 radical (unpaired) electrons. The van der Waals surface area contributed by atoms with Crippen LogP contribution in [0.3, 0.4) is 0 Å². The van der Waals surface area contributed by atoms with Gasteiger partial charge in [-0.05, 0) is 23.6 Å². The van der Waals surface area contributed by atoms with Crippen molar-refractivity contribution in [2.45, 2.75) is 6.54 Å². The maximum Gasteiger partial charge on any atom is 0.253 e. The summed E-state index contributed by atoms with van der Waals surface area (Å²) in [6, 6.07) is 7.49. The van der Waals surface area contributed by atoms with E-state index in [0.29, 0.717) is 12.1 Å². The van der Waals surface area contributed by atoms with Crippen molar-refractivity contribution in [2.24, 2.45) is 0 Å². The van der Waals surface area contributed by atoms with Crippen molar-refractivity contribution in [2.75, 3.05) is 0 Å². The lowest BCUT2D eigenvalue weighted by molar-refractivity contribution is 0.0951. The van der Waals surface area contributed by atoms with E-state index < -0.39 is 0 Å². The van der Waals surface area contributed by atoms with Gasteiger partial charge in [0, 0.05) is 29.0 Å². The average Bonchev–Trinajstić information content (AvgIpc) is 3.07. The summed E-state index contributed by atoms with van der Waals surface area (Å²) >= 11 is 1.62. The van der Waals surface area contributed by atoms with E-state index in [-0.39, 0.29) is 5.91 Å². The third-order valence-corrected chi connectivity index (χ3v) is 3.76. The molecule has 0 saturated heterocycles. The Morgan fingerprint density at radius 3 is 2.67 bits per heavy atom. The molecule has 0 spiro atoms. The second-order valence-electron chi connectivity index (χ2n) is 4.32. The first kappa shape index (κ1) is 13.4. The summed E-state index contributed by atoms with van der Waals surface area (Å²) in [6.45, 7) is 0.533. The Morgan fingerprint density at radius 2 is 2.00 bits per heavy atom. The molecule has 3 aromatic rings. The minimum Gasteiger partial charge on any atom is -0.347 e. The molecule has 3 heterocycles. The van der Waals surface area contributed by atoms with E-state index in [9.17, 15) is 4.79 Å². The third-order valence-electron chi connectivity index (χ3n) is 2.89. The molecule has 0 fully saturated rings. The lowest BCUT2D eigenvalue weighted by atomic mass is 10.2. The van der Waals surface area contributed by atoms with E-state index in [2.05, 4.69) is 20.3 Å². The first-order chi connectivity index (χ1) is 10.3. The SMILES string of the molecule is O=C(NCc1cccs1)c1ccc(-c2cncnc2)nc1. The first-order valence-electron chi connectivity index (χ1n) is 6.35. The van der Waals surface area contributed by atoms with Crippen molar-refractivity contribution >= 4 is 17.2 Å². The van der Waals surface area contributed by atoms with Crippen molar-refractivity contribution in [3.63, 3.8) is 0 Å². The van der Waals surface area contributed by atoms with Gasteiger partial charge in [-0.3, -0.25) is 9.78 Å². The molecule has 104 valence electrons. The van der Waals surface area contributed by atoms with Crippen LogP contribution in [-0.2, 0) is 6.54 Å². The molecule has 0 bridgehead atoms. The topological polar surface area (TPSA) is 67.8 Å². The van der Waals surface area contributed by atoms with Gasteiger partial charge in [0.1, 0.15) is 6.33 Å². The quantitative estimate of drug-likeness (QED) is 0.803. The van der Waals surface area contributed by atoms with Gasteiger partial charge in [-0.25, -0.2) is 9.97 Å². The molecule has 0 aliphatic rings. The van der Waals surface area contributed by atoms with Crippen LogP contribution in [0, 0.1) is 0 Å². The Balaban J connectivity index is 1.67. The first-order valence-corrected chi connectivity index (χ1v) is 7.23. The molecule has 3 rings (SSSR count). The van der Waals surface area contributed by atoms with E-state index in [0.717, 1.165) is 16.1 Å². The van der Waals surface area contributed by atoms with Crippen LogP contribution in [0.25, 0.3) is 11.3 Å². The molecule has 3 aromatic heterocycles. The minimum atomic E-state index is -0.133. The monoisotopic (exact) mass is 296 g/mol. The average molecular weight is 296 g/mol. The van der Waals surface area contributed by atoms with E-state index >= 15 is 0 Å². The molecule has 1 N–H and O–H groups in total. The number of rotatable bonds is 4. The highest BCUT2D eigenvalue weighted by atomic mass is 32.1. The lowest BCUT2D eigenvalue weighted by Gasteiger charge is -2.04. The van der Waals surface area contributed by atoms with Crippen molar-refractivity contribution in [3.05, 3.63) is 65.0 Å². The number of hydrogen-bond acceptors (Lipinski definition) is 5. The van der Waals surface area contributed by atoms with E-state index in [1.807, 2.05) is 17.5 Å². The molecule has 0 aliphatic heterocycles. The standard InChI is InChI=1S/C15H12N4OS/c20-15(19-9-13-2-1-5-21-13)11-3-4-14(18-8-11)12-6-16-10-17-7-12/h1-8,10H,9H2,(H,19,20). The summed E-state index contributed by atoms with van der Waals surface area (Å²) in [4.78, 5) is 25.3. The number of aromatic nitrogens is 3. The Hall–Kier alpha value is -2.60. The molecule has 21 heavy (non-hydrogen) atoms. The number of nitrogens with one attached hydrogen (secondary N) is 1.